The van der Waals surface area contributed by atoms with E-state index in [1.165, 1.54) is 29.2 Å². The van der Waals surface area contributed by atoms with Gasteiger partial charge in [-0.1, -0.05) is 25.3 Å². The first kappa shape index (κ1) is 19.1. The molecule has 9 heteroatoms. The summed E-state index contributed by atoms with van der Waals surface area (Å²) in [7, 11) is 1.64. The maximum Gasteiger partial charge on any atom is 0.327 e. The molecule has 27 heavy (non-hydrogen) atoms. The number of amides is 3. The van der Waals surface area contributed by atoms with Gasteiger partial charge in [-0.2, -0.15) is 0 Å². The molecule has 1 heterocycles. The number of rotatable bonds is 6. The van der Waals surface area contributed by atoms with Crippen molar-refractivity contribution in [2.24, 2.45) is 0 Å². The van der Waals surface area contributed by atoms with Crippen molar-refractivity contribution in [3.8, 4) is 5.75 Å². The van der Waals surface area contributed by atoms with Crippen molar-refractivity contribution in [3.05, 3.63) is 34.4 Å². The zero-order valence-corrected chi connectivity index (χ0v) is 15.2. The number of aliphatic hydroxyl groups excluding tert-OH is 1. The Morgan fingerprint density at radius 3 is 2.67 bits per heavy atom. The number of ether oxygens (including phenoxy) is 1. The van der Waals surface area contributed by atoms with Gasteiger partial charge in [0.25, 0.3) is 11.6 Å². The number of hydrogen-bond acceptors (Lipinski definition) is 6. The molecule has 1 aliphatic carbocycles. The smallest absolute Gasteiger partial charge is 0.327 e. The lowest BCUT2D eigenvalue weighted by atomic mass is 9.81. The van der Waals surface area contributed by atoms with Gasteiger partial charge >= 0.3 is 6.03 Å². The van der Waals surface area contributed by atoms with Crippen molar-refractivity contribution in [2.75, 3.05) is 20.2 Å². The summed E-state index contributed by atoms with van der Waals surface area (Å²) < 4.78 is 5.39. The predicted molar refractivity (Wildman–Crippen MR) is 95.3 cm³/mol. The van der Waals surface area contributed by atoms with E-state index in [-0.39, 0.29) is 30.5 Å². The summed E-state index contributed by atoms with van der Waals surface area (Å²) in [6, 6.07) is 5.20. The minimum Gasteiger partial charge on any atom is -0.491 e. The second-order valence-corrected chi connectivity index (χ2v) is 7.07. The molecule has 0 aromatic heterocycles. The van der Waals surface area contributed by atoms with E-state index in [1.807, 2.05) is 0 Å². The number of benzene rings is 1. The van der Waals surface area contributed by atoms with E-state index in [9.17, 15) is 24.8 Å². The number of urea groups is 1. The van der Waals surface area contributed by atoms with Crippen molar-refractivity contribution in [3.63, 3.8) is 0 Å². The van der Waals surface area contributed by atoms with E-state index in [1.54, 1.807) is 7.05 Å². The third-order valence-corrected chi connectivity index (χ3v) is 5.35. The van der Waals surface area contributed by atoms with Crippen molar-refractivity contribution < 1.29 is 24.4 Å². The molecule has 1 spiro atoms. The van der Waals surface area contributed by atoms with Gasteiger partial charge < -0.3 is 14.7 Å². The van der Waals surface area contributed by atoms with Crippen LogP contribution in [0.5, 0.6) is 5.75 Å². The maximum absolute atomic E-state index is 12.9. The van der Waals surface area contributed by atoms with Crippen LogP contribution in [0.4, 0.5) is 10.5 Å². The molecule has 146 valence electrons. The van der Waals surface area contributed by atoms with Crippen LogP contribution in [0.2, 0.25) is 0 Å². The van der Waals surface area contributed by atoms with Gasteiger partial charge in [0.05, 0.1) is 17.5 Å². The number of likely N-dealkylation sites (N-methyl/N-ethyl adjacent to an activating group) is 1. The van der Waals surface area contributed by atoms with E-state index >= 15 is 0 Å². The topological polar surface area (TPSA) is 113 Å². The monoisotopic (exact) mass is 377 g/mol. The van der Waals surface area contributed by atoms with Crippen LogP contribution < -0.4 is 4.74 Å². The lowest BCUT2D eigenvalue weighted by Gasteiger charge is -2.35. The van der Waals surface area contributed by atoms with Crippen LogP contribution in [0, 0.1) is 10.1 Å². The number of hydrogen-bond donors (Lipinski definition) is 1. The summed E-state index contributed by atoms with van der Waals surface area (Å²) in [6.07, 6.45) is 3.04. The molecule has 1 atom stereocenters. The standard InChI is InChI=1S/C18H23N3O6/c1-19-17(24)20(16(23)18(19)8-3-2-4-9-18)11-14(22)12-27-15-7-5-6-13(10-15)21(25)26/h5-7,10,14,22H,2-4,8-9,11-12H2,1H3/t14-/m1/s1. The van der Waals surface area contributed by atoms with Gasteiger partial charge in [0.2, 0.25) is 0 Å². The Morgan fingerprint density at radius 1 is 1.30 bits per heavy atom. The molecule has 1 aliphatic heterocycles. The van der Waals surface area contributed by atoms with Crippen molar-refractivity contribution >= 4 is 17.6 Å². The van der Waals surface area contributed by atoms with Gasteiger partial charge in [-0.05, 0) is 18.9 Å². The number of nitro groups is 1. The number of carbonyl (C=O) groups excluding carboxylic acids is 2. The molecule has 0 radical (unpaired) electrons. The SMILES string of the molecule is CN1C(=O)N(C[C@@H](O)COc2cccc([N+](=O)[O-])c2)C(=O)C12CCCCC2. The molecular formula is C18H23N3O6. The largest absolute Gasteiger partial charge is 0.491 e. The quantitative estimate of drug-likeness (QED) is 0.460. The number of non-ortho nitro benzene ring substituents is 1. The average Bonchev–Trinajstić information content (AvgIpc) is 2.83. The molecule has 3 amide bonds. The summed E-state index contributed by atoms with van der Waals surface area (Å²) in [6.45, 7) is -0.354. The second kappa shape index (κ2) is 7.51. The van der Waals surface area contributed by atoms with Gasteiger partial charge in [-0.15, -0.1) is 0 Å². The molecule has 1 N–H and O–H groups in total. The number of imide groups is 1. The number of aliphatic hydroxyl groups is 1. The van der Waals surface area contributed by atoms with Gasteiger partial charge in [0.1, 0.15) is 24.0 Å². The first-order chi connectivity index (χ1) is 12.8. The summed E-state index contributed by atoms with van der Waals surface area (Å²) in [4.78, 5) is 38.2. The fraction of sp³-hybridized carbons (Fsp3) is 0.556. The zero-order chi connectivity index (χ0) is 19.6. The summed E-state index contributed by atoms with van der Waals surface area (Å²) >= 11 is 0. The van der Waals surface area contributed by atoms with E-state index in [4.69, 9.17) is 4.74 Å². The van der Waals surface area contributed by atoms with Gasteiger partial charge in [-0.3, -0.25) is 19.8 Å². The van der Waals surface area contributed by atoms with Crippen molar-refractivity contribution in [1.29, 1.82) is 0 Å². The Balaban J connectivity index is 1.61. The van der Waals surface area contributed by atoms with Crippen LogP contribution in [0.3, 0.4) is 0 Å². The normalized spacial score (nSPS) is 20.2. The minimum atomic E-state index is -1.09. The minimum absolute atomic E-state index is 0.118. The molecule has 2 aliphatic rings. The summed E-state index contributed by atoms with van der Waals surface area (Å²) in [5, 5.41) is 21.0. The fourth-order valence-corrected chi connectivity index (χ4v) is 3.84. The highest BCUT2D eigenvalue weighted by atomic mass is 16.6. The summed E-state index contributed by atoms with van der Waals surface area (Å²) in [5.74, 6) is -0.0210. The third kappa shape index (κ3) is 3.59. The molecule has 1 saturated heterocycles. The van der Waals surface area contributed by atoms with Crippen LogP contribution in [0.1, 0.15) is 32.1 Å². The summed E-state index contributed by atoms with van der Waals surface area (Å²) in [5.41, 5.74) is -0.900. The highest BCUT2D eigenvalue weighted by Gasteiger charge is 2.55. The lowest BCUT2D eigenvalue weighted by Crippen LogP contribution is -2.49. The molecule has 3 rings (SSSR count). The average molecular weight is 377 g/mol. The molecule has 0 bridgehead atoms. The van der Waals surface area contributed by atoms with Crippen molar-refractivity contribution in [1.82, 2.24) is 9.80 Å². The first-order valence-electron chi connectivity index (χ1n) is 9.00. The van der Waals surface area contributed by atoms with E-state index < -0.39 is 22.6 Å². The Kier molecular flexibility index (Phi) is 5.31. The number of carbonyl (C=O) groups is 2. The second-order valence-electron chi connectivity index (χ2n) is 7.07. The molecule has 1 aromatic carbocycles. The maximum atomic E-state index is 12.9. The Bertz CT molecular complexity index is 746. The Hall–Kier alpha value is -2.68. The van der Waals surface area contributed by atoms with E-state index in [2.05, 4.69) is 0 Å². The Labute approximate surface area is 156 Å². The molecule has 1 aromatic rings. The highest BCUT2D eigenvalue weighted by Crippen LogP contribution is 2.39. The lowest BCUT2D eigenvalue weighted by molar-refractivity contribution is -0.384. The van der Waals surface area contributed by atoms with Crippen LogP contribution >= 0.6 is 0 Å². The molecule has 2 fully saturated rings. The zero-order valence-electron chi connectivity index (χ0n) is 15.2. The van der Waals surface area contributed by atoms with Gasteiger partial charge in [0.15, 0.2) is 0 Å². The number of β-amino-alcohol motifs (C(OH)–C–C–N with tert-alkyl or cyclic N) is 1. The first-order valence-corrected chi connectivity index (χ1v) is 9.00. The Morgan fingerprint density at radius 2 is 2.00 bits per heavy atom. The van der Waals surface area contributed by atoms with Crippen LogP contribution in [0.25, 0.3) is 0 Å². The predicted octanol–water partition coefficient (Wildman–Crippen LogP) is 1.93. The fourth-order valence-electron chi connectivity index (χ4n) is 3.84. The van der Waals surface area contributed by atoms with Crippen LogP contribution in [0.15, 0.2) is 24.3 Å². The molecular weight excluding hydrogens is 354 g/mol. The molecule has 1 saturated carbocycles. The van der Waals surface area contributed by atoms with E-state index in [0.29, 0.717) is 12.8 Å². The molecule has 9 nitrogen and oxygen atoms in total. The number of nitro benzene ring substituents is 1. The molecule has 0 unspecified atom stereocenters. The van der Waals surface area contributed by atoms with Crippen molar-refractivity contribution in [2.45, 2.75) is 43.7 Å². The van der Waals surface area contributed by atoms with Crippen LogP contribution in [-0.2, 0) is 4.79 Å². The number of nitrogens with zero attached hydrogens (tertiary/aromatic N) is 3. The third-order valence-electron chi connectivity index (χ3n) is 5.35. The van der Waals surface area contributed by atoms with Gasteiger partial charge in [0, 0.05) is 13.1 Å². The van der Waals surface area contributed by atoms with E-state index in [0.717, 1.165) is 24.2 Å². The van der Waals surface area contributed by atoms with Gasteiger partial charge in [-0.25, -0.2) is 4.79 Å². The highest BCUT2D eigenvalue weighted by molar-refractivity contribution is 6.07. The van der Waals surface area contributed by atoms with Crippen LogP contribution in [-0.4, -0.2) is 63.6 Å².